The first kappa shape index (κ1) is 14.0. The highest BCUT2D eigenvalue weighted by Gasteiger charge is 2.18. The third-order valence-corrected chi connectivity index (χ3v) is 3.18. The molecule has 0 aromatic heterocycles. The number of halogens is 1. The average molecular weight is 326 g/mol. The number of hydroxylamine groups is 1. The fourth-order valence-electron chi connectivity index (χ4n) is 1.76. The first-order valence-electron chi connectivity index (χ1n) is 6.01. The van der Waals surface area contributed by atoms with Gasteiger partial charge >= 0.3 is 0 Å². The third-order valence-electron chi connectivity index (χ3n) is 2.75. The molecule has 6 heteroatoms. The SMILES string of the molecule is N[C@@H](Cc1ccccc1)C(=O)NCC1C=C(Br)NO1. The number of hydrogen-bond acceptors (Lipinski definition) is 4. The lowest BCUT2D eigenvalue weighted by Crippen LogP contribution is -2.44. The Bertz CT molecular complexity index is 464. The minimum absolute atomic E-state index is 0.177. The Morgan fingerprint density at radius 3 is 2.84 bits per heavy atom. The van der Waals surface area contributed by atoms with Crippen LogP contribution in [0.1, 0.15) is 5.56 Å². The van der Waals surface area contributed by atoms with Crippen molar-refractivity contribution in [2.24, 2.45) is 5.73 Å². The smallest absolute Gasteiger partial charge is 0.237 e. The number of carbonyl (C=O) groups is 1. The normalized spacial score (nSPS) is 19.5. The Labute approximate surface area is 120 Å². The third kappa shape index (κ3) is 4.34. The zero-order valence-corrected chi connectivity index (χ0v) is 11.9. The van der Waals surface area contributed by atoms with Gasteiger partial charge in [0.1, 0.15) is 10.7 Å². The van der Waals surface area contributed by atoms with Gasteiger partial charge in [0.15, 0.2) is 0 Å². The average Bonchev–Trinajstić information content (AvgIpc) is 2.83. The summed E-state index contributed by atoms with van der Waals surface area (Å²) in [6.07, 6.45) is 2.18. The molecule has 1 heterocycles. The summed E-state index contributed by atoms with van der Waals surface area (Å²) in [7, 11) is 0. The summed E-state index contributed by atoms with van der Waals surface area (Å²) in [5, 5.41) is 2.77. The highest BCUT2D eigenvalue weighted by molar-refractivity contribution is 9.11. The number of benzene rings is 1. The van der Waals surface area contributed by atoms with Crippen molar-refractivity contribution < 1.29 is 9.63 Å². The Kier molecular flexibility index (Phi) is 4.95. The molecule has 0 saturated heterocycles. The predicted octanol–water partition coefficient (Wildman–Crippen LogP) is 0.812. The molecule has 2 rings (SSSR count). The second-order valence-corrected chi connectivity index (χ2v) is 5.17. The van der Waals surface area contributed by atoms with Crippen molar-refractivity contribution in [3.63, 3.8) is 0 Å². The van der Waals surface area contributed by atoms with E-state index in [2.05, 4.69) is 26.7 Å². The molecule has 102 valence electrons. The van der Waals surface area contributed by atoms with Crippen LogP contribution in [0.2, 0.25) is 0 Å². The molecule has 1 aliphatic heterocycles. The van der Waals surface area contributed by atoms with Gasteiger partial charge in [-0.05, 0) is 34.0 Å². The molecular formula is C13H16BrN3O2. The van der Waals surface area contributed by atoms with E-state index >= 15 is 0 Å². The van der Waals surface area contributed by atoms with Crippen LogP contribution in [0.5, 0.6) is 0 Å². The van der Waals surface area contributed by atoms with Gasteiger partial charge in [-0.1, -0.05) is 30.3 Å². The lowest BCUT2D eigenvalue weighted by molar-refractivity contribution is -0.122. The van der Waals surface area contributed by atoms with Gasteiger partial charge in [-0.25, -0.2) is 0 Å². The van der Waals surface area contributed by atoms with Crippen molar-refractivity contribution in [2.45, 2.75) is 18.6 Å². The Morgan fingerprint density at radius 2 is 2.21 bits per heavy atom. The van der Waals surface area contributed by atoms with Crippen molar-refractivity contribution in [2.75, 3.05) is 6.54 Å². The largest absolute Gasteiger partial charge is 0.352 e. The van der Waals surface area contributed by atoms with Gasteiger partial charge in [0.25, 0.3) is 0 Å². The fraction of sp³-hybridized carbons (Fsp3) is 0.308. The topological polar surface area (TPSA) is 76.4 Å². The lowest BCUT2D eigenvalue weighted by Gasteiger charge is -2.14. The number of nitrogens with two attached hydrogens (primary N) is 1. The Morgan fingerprint density at radius 1 is 1.47 bits per heavy atom. The van der Waals surface area contributed by atoms with Crippen molar-refractivity contribution in [1.29, 1.82) is 0 Å². The van der Waals surface area contributed by atoms with Gasteiger partial charge in [0, 0.05) is 0 Å². The molecule has 1 aliphatic rings. The summed E-state index contributed by atoms with van der Waals surface area (Å²) >= 11 is 3.25. The molecule has 1 amide bonds. The van der Waals surface area contributed by atoms with E-state index in [-0.39, 0.29) is 12.0 Å². The molecule has 0 radical (unpaired) electrons. The van der Waals surface area contributed by atoms with Crippen LogP contribution in [0.3, 0.4) is 0 Å². The van der Waals surface area contributed by atoms with Crippen LogP contribution in [0, 0.1) is 0 Å². The van der Waals surface area contributed by atoms with Gasteiger partial charge in [-0.3, -0.25) is 15.1 Å². The van der Waals surface area contributed by atoms with Crippen molar-refractivity contribution >= 4 is 21.8 Å². The van der Waals surface area contributed by atoms with E-state index < -0.39 is 6.04 Å². The van der Waals surface area contributed by atoms with Crippen LogP contribution in [-0.4, -0.2) is 24.6 Å². The number of hydrogen-bond donors (Lipinski definition) is 3. The quantitative estimate of drug-likeness (QED) is 0.700. The van der Waals surface area contributed by atoms with Crippen LogP contribution in [0.15, 0.2) is 41.0 Å². The van der Waals surface area contributed by atoms with E-state index in [0.29, 0.717) is 13.0 Å². The number of rotatable bonds is 5. The predicted molar refractivity (Wildman–Crippen MR) is 76.1 cm³/mol. The van der Waals surface area contributed by atoms with E-state index in [9.17, 15) is 4.79 Å². The van der Waals surface area contributed by atoms with E-state index in [4.69, 9.17) is 10.6 Å². The van der Waals surface area contributed by atoms with E-state index in [1.807, 2.05) is 36.4 Å². The first-order chi connectivity index (χ1) is 9.15. The van der Waals surface area contributed by atoms with Crippen LogP contribution in [0.4, 0.5) is 0 Å². The van der Waals surface area contributed by atoms with Crippen molar-refractivity contribution in [3.05, 3.63) is 46.6 Å². The van der Waals surface area contributed by atoms with Gasteiger partial charge in [-0.2, -0.15) is 0 Å². The van der Waals surface area contributed by atoms with Gasteiger partial charge < -0.3 is 11.1 Å². The van der Waals surface area contributed by atoms with Gasteiger partial charge in [-0.15, -0.1) is 0 Å². The molecule has 0 bridgehead atoms. The molecule has 0 fully saturated rings. The molecule has 0 spiro atoms. The summed E-state index contributed by atoms with van der Waals surface area (Å²) in [5.74, 6) is -0.177. The summed E-state index contributed by atoms with van der Waals surface area (Å²) in [4.78, 5) is 17.0. The first-order valence-corrected chi connectivity index (χ1v) is 6.80. The second-order valence-electron chi connectivity index (χ2n) is 4.31. The van der Waals surface area contributed by atoms with E-state index in [1.165, 1.54) is 0 Å². The zero-order chi connectivity index (χ0) is 13.7. The van der Waals surface area contributed by atoms with E-state index in [0.717, 1.165) is 10.2 Å². The number of amides is 1. The van der Waals surface area contributed by atoms with Crippen LogP contribution in [0.25, 0.3) is 0 Å². The Hall–Kier alpha value is -1.37. The molecular weight excluding hydrogens is 310 g/mol. The Balaban J connectivity index is 1.76. The van der Waals surface area contributed by atoms with Crippen molar-refractivity contribution in [3.8, 4) is 0 Å². The molecule has 2 atom stereocenters. The van der Waals surface area contributed by atoms with Crippen LogP contribution < -0.4 is 16.5 Å². The highest BCUT2D eigenvalue weighted by Crippen LogP contribution is 2.11. The highest BCUT2D eigenvalue weighted by atomic mass is 79.9. The molecule has 1 aromatic rings. The standard InChI is InChI=1S/C13H16BrN3O2/c14-12-7-10(19-17-12)8-16-13(18)11(15)6-9-4-2-1-3-5-9/h1-5,7,10-11,17H,6,8,15H2,(H,16,18)/t10?,11-/m0/s1. The summed E-state index contributed by atoms with van der Waals surface area (Å²) < 4.78 is 0.764. The minimum atomic E-state index is -0.552. The number of carbonyl (C=O) groups excluding carboxylic acids is 1. The van der Waals surface area contributed by atoms with E-state index in [1.54, 1.807) is 0 Å². The van der Waals surface area contributed by atoms with Crippen molar-refractivity contribution in [1.82, 2.24) is 10.8 Å². The second kappa shape index (κ2) is 6.70. The van der Waals surface area contributed by atoms with Crippen LogP contribution in [-0.2, 0) is 16.1 Å². The maximum Gasteiger partial charge on any atom is 0.237 e. The molecule has 1 aromatic carbocycles. The monoisotopic (exact) mass is 325 g/mol. The lowest BCUT2D eigenvalue weighted by atomic mass is 10.1. The fourth-order valence-corrected chi connectivity index (χ4v) is 2.15. The maximum atomic E-state index is 11.8. The maximum absolute atomic E-state index is 11.8. The molecule has 1 unspecified atom stereocenters. The molecule has 19 heavy (non-hydrogen) atoms. The summed E-state index contributed by atoms with van der Waals surface area (Å²) in [6.45, 7) is 0.392. The summed E-state index contributed by atoms with van der Waals surface area (Å²) in [5.41, 5.74) is 9.57. The minimum Gasteiger partial charge on any atom is -0.352 e. The number of nitrogens with one attached hydrogen (secondary N) is 2. The molecule has 0 aliphatic carbocycles. The zero-order valence-electron chi connectivity index (χ0n) is 10.3. The van der Waals surface area contributed by atoms with Gasteiger partial charge in [0.05, 0.1) is 12.6 Å². The van der Waals surface area contributed by atoms with Crippen LogP contribution >= 0.6 is 15.9 Å². The molecule has 0 saturated carbocycles. The molecule has 4 N–H and O–H groups in total. The molecule has 5 nitrogen and oxygen atoms in total. The van der Waals surface area contributed by atoms with Gasteiger partial charge in [0.2, 0.25) is 5.91 Å². The summed E-state index contributed by atoms with van der Waals surface area (Å²) in [6, 6.07) is 9.16.